The van der Waals surface area contributed by atoms with Gasteiger partial charge in [0.25, 0.3) is 0 Å². The Bertz CT molecular complexity index is 176. The van der Waals surface area contributed by atoms with Gasteiger partial charge in [-0.25, -0.2) is 0 Å². The summed E-state index contributed by atoms with van der Waals surface area (Å²) in [5.41, 5.74) is 0.0113. The zero-order valence-corrected chi connectivity index (χ0v) is 10.7. The second-order valence-corrected chi connectivity index (χ2v) is 5.27. The van der Waals surface area contributed by atoms with Gasteiger partial charge in [-0.1, -0.05) is 0 Å². The summed E-state index contributed by atoms with van der Waals surface area (Å²) in [4.78, 5) is 2.41. The lowest BCUT2D eigenvalue weighted by Gasteiger charge is -2.27. The summed E-state index contributed by atoms with van der Waals surface area (Å²) in [7, 11) is 3.99. The number of hydrogen-bond donors (Lipinski definition) is 1. The maximum atomic E-state index is 5.42. The van der Waals surface area contributed by atoms with E-state index in [9.17, 15) is 0 Å². The van der Waals surface area contributed by atoms with Crippen LogP contribution >= 0.6 is 0 Å². The van der Waals surface area contributed by atoms with Crippen LogP contribution in [0.4, 0.5) is 0 Å². The molecule has 1 fully saturated rings. The first-order valence-corrected chi connectivity index (χ1v) is 6.00. The molecule has 1 aliphatic rings. The molecule has 0 aromatic rings. The molecule has 3 nitrogen and oxygen atoms in total. The molecule has 0 aromatic carbocycles. The molecule has 90 valence electrons. The lowest BCUT2D eigenvalue weighted by Crippen LogP contribution is -2.38. The van der Waals surface area contributed by atoms with E-state index in [1.165, 1.54) is 25.9 Å². The summed E-state index contributed by atoms with van der Waals surface area (Å²) in [5.74, 6) is 0. The van der Waals surface area contributed by atoms with Gasteiger partial charge in [0.15, 0.2) is 0 Å². The molecule has 0 spiro atoms. The highest BCUT2D eigenvalue weighted by molar-refractivity contribution is 4.78. The number of rotatable bonds is 6. The predicted octanol–water partition coefficient (Wildman–Crippen LogP) is 1.49. The summed E-state index contributed by atoms with van der Waals surface area (Å²) in [6.07, 6.45) is 3.76. The van der Waals surface area contributed by atoms with Gasteiger partial charge in [-0.3, -0.25) is 0 Å². The van der Waals surface area contributed by atoms with Crippen molar-refractivity contribution in [2.24, 2.45) is 0 Å². The molecule has 1 aliphatic heterocycles. The molecule has 1 rings (SSSR count). The van der Waals surface area contributed by atoms with Crippen molar-refractivity contribution in [3.63, 3.8) is 0 Å². The van der Waals surface area contributed by atoms with Crippen molar-refractivity contribution >= 4 is 0 Å². The fraction of sp³-hybridized carbons (Fsp3) is 1.00. The van der Waals surface area contributed by atoms with Gasteiger partial charge in [0, 0.05) is 26.2 Å². The standard InChI is InChI=1S/C12H26N2O/c1-12(2,15-4)7-9-14(3)10-11-6-5-8-13-11/h11,13H,5-10H2,1-4H3. The number of methoxy groups -OCH3 is 1. The van der Waals surface area contributed by atoms with Crippen LogP contribution in [0.25, 0.3) is 0 Å². The maximum absolute atomic E-state index is 5.42. The van der Waals surface area contributed by atoms with Crippen LogP contribution in [0, 0.1) is 0 Å². The lowest BCUT2D eigenvalue weighted by molar-refractivity contribution is 0.00874. The maximum Gasteiger partial charge on any atom is 0.0634 e. The van der Waals surface area contributed by atoms with E-state index in [-0.39, 0.29) is 5.60 Å². The van der Waals surface area contributed by atoms with Crippen molar-refractivity contribution in [1.82, 2.24) is 10.2 Å². The Morgan fingerprint density at radius 2 is 2.20 bits per heavy atom. The molecule has 1 atom stereocenters. The van der Waals surface area contributed by atoms with E-state index in [4.69, 9.17) is 4.74 Å². The molecule has 1 N–H and O–H groups in total. The fourth-order valence-electron chi connectivity index (χ4n) is 1.94. The van der Waals surface area contributed by atoms with Gasteiger partial charge < -0.3 is 15.0 Å². The summed E-state index contributed by atoms with van der Waals surface area (Å²) in [6, 6.07) is 0.709. The van der Waals surface area contributed by atoms with Crippen LogP contribution in [0.3, 0.4) is 0 Å². The fourth-order valence-corrected chi connectivity index (χ4v) is 1.94. The zero-order valence-electron chi connectivity index (χ0n) is 10.7. The highest BCUT2D eigenvalue weighted by Gasteiger charge is 2.19. The first kappa shape index (κ1) is 12.9. The number of likely N-dealkylation sites (N-methyl/N-ethyl adjacent to an activating group) is 1. The minimum Gasteiger partial charge on any atom is -0.379 e. The van der Waals surface area contributed by atoms with E-state index in [1.54, 1.807) is 7.11 Å². The quantitative estimate of drug-likeness (QED) is 0.725. The van der Waals surface area contributed by atoms with Crippen LogP contribution in [0.5, 0.6) is 0 Å². The Morgan fingerprint density at radius 1 is 1.47 bits per heavy atom. The van der Waals surface area contributed by atoms with Crippen LogP contribution in [0.15, 0.2) is 0 Å². The molecule has 0 aromatic heterocycles. The zero-order chi connectivity index (χ0) is 11.3. The van der Waals surface area contributed by atoms with E-state index in [0.717, 1.165) is 13.0 Å². The molecule has 0 bridgehead atoms. The summed E-state index contributed by atoms with van der Waals surface area (Å²) >= 11 is 0. The van der Waals surface area contributed by atoms with Gasteiger partial charge in [0.1, 0.15) is 0 Å². The molecule has 1 heterocycles. The summed E-state index contributed by atoms with van der Waals surface area (Å²) in [6.45, 7) is 7.77. The largest absolute Gasteiger partial charge is 0.379 e. The lowest BCUT2D eigenvalue weighted by atomic mass is 10.0. The number of ether oxygens (including phenoxy) is 1. The third kappa shape index (κ3) is 4.96. The molecule has 0 saturated carbocycles. The van der Waals surface area contributed by atoms with Crippen LogP contribution in [-0.2, 0) is 4.74 Å². The minimum absolute atomic E-state index is 0.0113. The highest BCUT2D eigenvalue weighted by atomic mass is 16.5. The molecule has 15 heavy (non-hydrogen) atoms. The van der Waals surface area contributed by atoms with Gasteiger partial charge in [0.05, 0.1) is 5.60 Å². The van der Waals surface area contributed by atoms with Gasteiger partial charge in [-0.05, 0) is 46.7 Å². The third-order valence-corrected chi connectivity index (χ3v) is 3.34. The molecule has 0 amide bonds. The normalized spacial score (nSPS) is 22.6. The molecular formula is C12H26N2O. The summed E-state index contributed by atoms with van der Waals surface area (Å²) < 4.78 is 5.42. The SMILES string of the molecule is COC(C)(C)CCN(C)CC1CCCN1. The van der Waals surface area contributed by atoms with Gasteiger partial charge >= 0.3 is 0 Å². The summed E-state index contributed by atoms with van der Waals surface area (Å²) in [5, 5.41) is 3.53. The Hall–Kier alpha value is -0.120. The molecule has 0 aliphatic carbocycles. The van der Waals surface area contributed by atoms with Crippen molar-refractivity contribution in [2.45, 2.75) is 44.8 Å². The smallest absolute Gasteiger partial charge is 0.0634 e. The molecule has 3 heteroatoms. The molecular weight excluding hydrogens is 188 g/mol. The number of nitrogens with one attached hydrogen (secondary N) is 1. The first-order chi connectivity index (χ1) is 7.03. The van der Waals surface area contributed by atoms with E-state index >= 15 is 0 Å². The van der Waals surface area contributed by atoms with Crippen molar-refractivity contribution < 1.29 is 4.74 Å². The average Bonchev–Trinajstić information content (AvgIpc) is 2.68. The van der Waals surface area contributed by atoms with Crippen molar-refractivity contribution in [1.29, 1.82) is 0 Å². The minimum atomic E-state index is 0.0113. The third-order valence-electron chi connectivity index (χ3n) is 3.34. The molecule has 1 unspecified atom stereocenters. The van der Waals surface area contributed by atoms with E-state index < -0.39 is 0 Å². The number of hydrogen-bond acceptors (Lipinski definition) is 3. The van der Waals surface area contributed by atoms with Gasteiger partial charge in [-0.15, -0.1) is 0 Å². The average molecular weight is 214 g/mol. The number of nitrogens with zero attached hydrogens (tertiary/aromatic N) is 1. The van der Waals surface area contributed by atoms with Crippen LogP contribution in [0.2, 0.25) is 0 Å². The van der Waals surface area contributed by atoms with Crippen LogP contribution < -0.4 is 5.32 Å². The Kier molecular flexibility index (Phi) is 5.03. The Balaban J connectivity index is 2.15. The molecule has 0 radical (unpaired) electrons. The monoisotopic (exact) mass is 214 g/mol. The van der Waals surface area contributed by atoms with Crippen LogP contribution in [-0.4, -0.2) is 50.3 Å². The van der Waals surface area contributed by atoms with Gasteiger partial charge in [-0.2, -0.15) is 0 Å². The van der Waals surface area contributed by atoms with E-state index in [1.807, 2.05) is 0 Å². The van der Waals surface area contributed by atoms with Crippen molar-refractivity contribution in [2.75, 3.05) is 33.8 Å². The van der Waals surface area contributed by atoms with Gasteiger partial charge in [0.2, 0.25) is 0 Å². The topological polar surface area (TPSA) is 24.5 Å². The van der Waals surface area contributed by atoms with Crippen molar-refractivity contribution in [3.05, 3.63) is 0 Å². The van der Waals surface area contributed by atoms with E-state index in [0.29, 0.717) is 6.04 Å². The second kappa shape index (κ2) is 5.83. The molecule has 1 saturated heterocycles. The Morgan fingerprint density at radius 3 is 2.73 bits per heavy atom. The second-order valence-electron chi connectivity index (χ2n) is 5.27. The van der Waals surface area contributed by atoms with E-state index in [2.05, 4.69) is 31.1 Å². The highest BCUT2D eigenvalue weighted by Crippen LogP contribution is 2.14. The van der Waals surface area contributed by atoms with Crippen LogP contribution in [0.1, 0.15) is 33.1 Å². The van der Waals surface area contributed by atoms with Crippen molar-refractivity contribution in [3.8, 4) is 0 Å². The first-order valence-electron chi connectivity index (χ1n) is 6.00. The predicted molar refractivity (Wildman–Crippen MR) is 64.2 cm³/mol. The Labute approximate surface area is 94.2 Å².